The van der Waals surface area contributed by atoms with E-state index >= 15 is 0 Å². The lowest BCUT2D eigenvalue weighted by atomic mass is 10.8. The first-order chi connectivity index (χ1) is 5.36. The second-order valence-electron chi connectivity index (χ2n) is 1.62. The molecule has 11 heavy (non-hydrogen) atoms. The molecule has 0 atom stereocenters. The van der Waals surface area contributed by atoms with Crippen LogP contribution in [0.5, 0.6) is 0 Å². The molecule has 0 N–H and O–H groups in total. The molecule has 0 aliphatic carbocycles. The van der Waals surface area contributed by atoms with E-state index in [9.17, 15) is 4.79 Å². The number of hydrogen-bond donors (Lipinski definition) is 0. The highest BCUT2D eigenvalue weighted by Gasteiger charge is 1.99. The lowest BCUT2D eigenvalue weighted by Crippen LogP contribution is -1.73. The number of aromatic nitrogens is 1. The van der Waals surface area contributed by atoms with E-state index in [0.717, 1.165) is 9.24 Å². The predicted molar refractivity (Wildman–Crippen MR) is 50.3 cm³/mol. The summed E-state index contributed by atoms with van der Waals surface area (Å²) in [6.07, 6.45) is 3.81. The van der Waals surface area contributed by atoms with Crippen LogP contribution in [0.25, 0.3) is 0 Å². The lowest BCUT2D eigenvalue weighted by Gasteiger charge is -1.84. The maximum absolute atomic E-state index is 9.89. The van der Waals surface area contributed by atoms with Gasteiger partial charge in [0.25, 0.3) is 0 Å². The number of hydrogen-bond acceptors (Lipinski definition) is 5. The maximum atomic E-state index is 9.89. The molecule has 1 radical (unpaired) electrons. The summed E-state index contributed by atoms with van der Waals surface area (Å²) in [5.41, 5.74) is 0. The van der Waals surface area contributed by atoms with E-state index in [1.165, 1.54) is 23.3 Å². The summed E-state index contributed by atoms with van der Waals surface area (Å²) in [4.78, 5) is 9.89. The Morgan fingerprint density at radius 1 is 1.82 bits per heavy atom. The molecule has 0 aliphatic rings. The SMILES string of the molecule is CSc1cc(SC[C]=O)sn1. The molecule has 1 rings (SSSR count). The van der Waals surface area contributed by atoms with Crippen LogP contribution in [0.15, 0.2) is 15.3 Å². The van der Waals surface area contributed by atoms with Crippen LogP contribution in [0, 0.1) is 0 Å². The molecule has 1 heterocycles. The van der Waals surface area contributed by atoms with E-state index in [-0.39, 0.29) is 0 Å². The smallest absolute Gasteiger partial charge is 0.209 e. The highest BCUT2D eigenvalue weighted by molar-refractivity contribution is 8.01. The molecule has 0 bridgehead atoms. The number of nitrogens with zero attached hydrogens (tertiary/aromatic N) is 1. The summed E-state index contributed by atoms with van der Waals surface area (Å²) in [5, 5.41) is 1.02. The van der Waals surface area contributed by atoms with Crippen molar-refractivity contribution in [2.75, 3.05) is 12.0 Å². The third kappa shape index (κ3) is 2.84. The van der Waals surface area contributed by atoms with Gasteiger partial charge in [-0.25, -0.2) is 0 Å². The third-order valence-electron chi connectivity index (χ3n) is 0.949. The molecule has 0 saturated heterocycles. The molecular formula is C6H6NOS3. The number of rotatable bonds is 4. The molecule has 1 aromatic heterocycles. The quantitative estimate of drug-likeness (QED) is 0.702. The summed E-state index contributed by atoms with van der Waals surface area (Å²) in [6.45, 7) is 0. The van der Waals surface area contributed by atoms with Crippen molar-refractivity contribution in [2.24, 2.45) is 0 Å². The highest BCUT2D eigenvalue weighted by atomic mass is 32.2. The van der Waals surface area contributed by atoms with Crippen LogP contribution < -0.4 is 0 Å². The van der Waals surface area contributed by atoms with E-state index < -0.39 is 0 Å². The summed E-state index contributed by atoms with van der Waals surface area (Å²) in [7, 11) is 0. The molecule has 0 aliphatic heterocycles. The Labute approximate surface area is 77.9 Å². The van der Waals surface area contributed by atoms with Crippen LogP contribution in [-0.2, 0) is 4.79 Å². The van der Waals surface area contributed by atoms with Gasteiger partial charge in [-0.3, -0.25) is 4.79 Å². The van der Waals surface area contributed by atoms with Crippen LogP contribution in [0.4, 0.5) is 0 Å². The largest absolute Gasteiger partial charge is 0.290 e. The summed E-state index contributed by atoms with van der Waals surface area (Å²) in [5.74, 6) is 0.399. The van der Waals surface area contributed by atoms with Crippen LogP contribution in [0.1, 0.15) is 0 Å². The van der Waals surface area contributed by atoms with Gasteiger partial charge in [-0.05, 0) is 23.9 Å². The standard InChI is InChI=1S/C6H6NOS3/c1-9-5-4-6(11-7-5)10-3-2-8/h4H,3H2,1H3. The first kappa shape index (κ1) is 9.09. The second kappa shape index (κ2) is 4.79. The normalized spacial score (nSPS) is 9.91. The molecular weight excluding hydrogens is 198 g/mol. The topological polar surface area (TPSA) is 30.0 Å². The molecule has 0 unspecified atom stereocenters. The van der Waals surface area contributed by atoms with Crippen molar-refractivity contribution < 1.29 is 4.79 Å². The minimum Gasteiger partial charge on any atom is -0.290 e. The van der Waals surface area contributed by atoms with Crippen molar-refractivity contribution >= 4 is 41.3 Å². The molecule has 0 saturated carbocycles. The molecule has 0 fully saturated rings. The third-order valence-corrected chi connectivity index (χ3v) is 3.52. The van der Waals surface area contributed by atoms with Gasteiger partial charge in [0.1, 0.15) is 5.03 Å². The van der Waals surface area contributed by atoms with E-state index in [4.69, 9.17) is 0 Å². The van der Waals surface area contributed by atoms with Crippen molar-refractivity contribution in [1.82, 2.24) is 4.37 Å². The maximum Gasteiger partial charge on any atom is 0.209 e. The first-order valence-corrected chi connectivity index (χ1v) is 5.83. The summed E-state index contributed by atoms with van der Waals surface area (Å²) >= 11 is 4.51. The van der Waals surface area contributed by atoms with Crippen molar-refractivity contribution in [3.8, 4) is 0 Å². The minimum absolute atomic E-state index is 0.399. The average molecular weight is 204 g/mol. The Morgan fingerprint density at radius 3 is 3.18 bits per heavy atom. The zero-order valence-corrected chi connectivity index (χ0v) is 8.31. The molecule has 59 valence electrons. The summed E-state index contributed by atoms with van der Waals surface area (Å²) in [6, 6.07) is 1.98. The van der Waals surface area contributed by atoms with Gasteiger partial charge in [-0.2, -0.15) is 4.37 Å². The molecule has 0 aromatic carbocycles. The molecule has 0 amide bonds. The second-order valence-corrected chi connectivity index (χ2v) is 4.53. The van der Waals surface area contributed by atoms with Crippen molar-refractivity contribution in [3.05, 3.63) is 6.07 Å². The fourth-order valence-corrected chi connectivity index (χ4v) is 2.60. The van der Waals surface area contributed by atoms with Gasteiger partial charge in [0.05, 0.1) is 9.96 Å². The van der Waals surface area contributed by atoms with Crippen molar-refractivity contribution in [1.29, 1.82) is 0 Å². The lowest BCUT2D eigenvalue weighted by molar-refractivity contribution is 0.560. The van der Waals surface area contributed by atoms with Crippen molar-refractivity contribution in [2.45, 2.75) is 9.24 Å². The fraction of sp³-hybridized carbons (Fsp3) is 0.333. The fourth-order valence-electron chi connectivity index (χ4n) is 0.508. The monoisotopic (exact) mass is 204 g/mol. The number of carbonyl (C=O) groups excluding carboxylic acids is 1. The van der Waals surface area contributed by atoms with Crippen molar-refractivity contribution in [3.63, 3.8) is 0 Å². The Morgan fingerprint density at radius 2 is 2.64 bits per heavy atom. The van der Waals surface area contributed by atoms with Crippen LogP contribution in [0.2, 0.25) is 0 Å². The zero-order valence-electron chi connectivity index (χ0n) is 5.86. The molecule has 2 nitrogen and oxygen atoms in total. The van der Waals surface area contributed by atoms with Gasteiger partial charge < -0.3 is 0 Å². The van der Waals surface area contributed by atoms with Gasteiger partial charge in [-0.15, -0.1) is 23.5 Å². The van der Waals surface area contributed by atoms with Crippen LogP contribution in [-0.4, -0.2) is 22.7 Å². The van der Waals surface area contributed by atoms with Gasteiger partial charge in [0.2, 0.25) is 6.29 Å². The Balaban J connectivity index is 2.50. The van der Waals surface area contributed by atoms with E-state index in [2.05, 4.69) is 4.37 Å². The van der Waals surface area contributed by atoms with E-state index in [1.54, 1.807) is 11.8 Å². The minimum atomic E-state index is 0.399. The molecule has 0 spiro atoms. The zero-order chi connectivity index (χ0) is 8.10. The number of thioether (sulfide) groups is 2. The Hall–Kier alpha value is -0.0000000000000000833. The summed E-state index contributed by atoms with van der Waals surface area (Å²) < 4.78 is 5.22. The van der Waals surface area contributed by atoms with Crippen LogP contribution >= 0.6 is 35.1 Å². The van der Waals surface area contributed by atoms with Gasteiger partial charge in [-0.1, -0.05) is 0 Å². The van der Waals surface area contributed by atoms with Gasteiger partial charge in [0.15, 0.2) is 0 Å². The molecule has 1 aromatic rings. The van der Waals surface area contributed by atoms with Gasteiger partial charge >= 0.3 is 0 Å². The van der Waals surface area contributed by atoms with Crippen LogP contribution in [0.3, 0.4) is 0 Å². The average Bonchev–Trinajstić information content (AvgIpc) is 2.48. The highest BCUT2D eigenvalue weighted by Crippen LogP contribution is 2.26. The van der Waals surface area contributed by atoms with E-state index in [0.29, 0.717) is 5.75 Å². The van der Waals surface area contributed by atoms with Gasteiger partial charge in [0, 0.05) is 0 Å². The van der Waals surface area contributed by atoms with E-state index in [1.807, 2.05) is 18.6 Å². The molecule has 5 heteroatoms. The Kier molecular flexibility index (Phi) is 3.96. The first-order valence-electron chi connectivity index (χ1n) is 2.85. The Bertz CT molecular complexity index is 235. The predicted octanol–water partition coefficient (Wildman–Crippen LogP) is 2.07.